The maximum Gasteiger partial charge on any atom is 0.240 e. The van der Waals surface area contributed by atoms with E-state index < -0.39 is 0 Å². The van der Waals surface area contributed by atoms with Crippen molar-refractivity contribution in [3.8, 4) is 0 Å². The molecular formula is C11H20N2O. The van der Waals surface area contributed by atoms with Gasteiger partial charge in [0.15, 0.2) is 0 Å². The molecule has 0 spiro atoms. The Morgan fingerprint density at radius 1 is 1.50 bits per heavy atom. The van der Waals surface area contributed by atoms with E-state index in [-0.39, 0.29) is 6.04 Å². The predicted octanol–water partition coefficient (Wildman–Crippen LogP) is 1.49. The summed E-state index contributed by atoms with van der Waals surface area (Å²) in [6.07, 6.45) is 6.25. The van der Waals surface area contributed by atoms with Crippen LogP contribution in [0.2, 0.25) is 0 Å². The first-order chi connectivity index (χ1) is 6.74. The zero-order chi connectivity index (χ0) is 10.1. The molecule has 1 aliphatic carbocycles. The normalized spacial score (nSPS) is 33.6. The third-order valence-electron chi connectivity index (χ3n) is 3.43. The SMILES string of the molecule is CCCC1NC(C)C(=O)N1C1CCC1. The summed E-state index contributed by atoms with van der Waals surface area (Å²) >= 11 is 0. The van der Waals surface area contributed by atoms with E-state index >= 15 is 0 Å². The Kier molecular flexibility index (Phi) is 2.77. The topological polar surface area (TPSA) is 32.3 Å². The van der Waals surface area contributed by atoms with Crippen molar-refractivity contribution >= 4 is 5.91 Å². The number of carbonyl (C=O) groups excluding carboxylic acids is 1. The van der Waals surface area contributed by atoms with E-state index in [0.29, 0.717) is 18.1 Å². The quantitative estimate of drug-likeness (QED) is 0.741. The van der Waals surface area contributed by atoms with Crippen LogP contribution in [-0.2, 0) is 4.79 Å². The molecule has 3 nitrogen and oxygen atoms in total. The number of carbonyl (C=O) groups is 1. The van der Waals surface area contributed by atoms with Crippen LogP contribution in [0.1, 0.15) is 46.0 Å². The Balaban J connectivity index is 2.04. The van der Waals surface area contributed by atoms with Crippen molar-refractivity contribution in [1.82, 2.24) is 10.2 Å². The Labute approximate surface area is 85.8 Å². The lowest BCUT2D eigenvalue weighted by molar-refractivity contribution is -0.133. The van der Waals surface area contributed by atoms with Gasteiger partial charge in [-0.05, 0) is 32.6 Å². The molecule has 1 amide bonds. The Morgan fingerprint density at radius 3 is 2.71 bits per heavy atom. The fourth-order valence-electron chi connectivity index (χ4n) is 2.41. The van der Waals surface area contributed by atoms with Crippen LogP contribution >= 0.6 is 0 Å². The summed E-state index contributed by atoms with van der Waals surface area (Å²) in [5.41, 5.74) is 0. The molecule has 1 heterocycles. The molecule has 2 unspecified atom stereocenters. The van der Waals surface area contributed by atoms with Gasteiger partial charge in [-0.3, -0.25) is 10.1 Å². The Morgan fingerprint density at radius 2 is 2.21 bits per heavy atom. The van der Waals surface area contributed by atoms with Crippen LogP contribution in [0.25, 0.3) is 0 Å². The first-order valence-electron chi connectivity index (χ1n) is 5.82. The summed E-state index contributed by atoms with van der Waals surface area (Å²) in [5, 5.41) is 3.38. The molecule has 3 heteroatoms. The minimum absolute atomic E-state index is 0.0344. The van der Waals surface area contributed by atoms with Crippen molar-refractivity contribution < 1.29 is 4.79 Å². The van der Waals surface area contributed by atoms with Crippen LogP contribution in [0.15, 0.2) is 0 Å². The van der Waals surface area contributed by atoms with E-state index in [9.17, 15) is 4.79 Å². The van der Waals surface area contributed by atoms with Gasteiger partial charge < -0.3 is 4.90 Å². The van der Waals surface area contributed by atoms with Crippen molar-refractivity contribution in [3.63, 3.8) is 0 Å². The van der Waals surface area contributed by atoms with Gasteiger partial charge in [-0.1, -0.05) is 13.3 Å². The number of nitrogens with zero attached hydrogens (tertiary/aromatic N) is 1. The van der Waals surface area contributed by atoms with Gasteiger partial charge in [0.2, 0.25) is 5.91 Å². The fourth-order valence-corrected chi connectivity index (χ4v) is 2.41. The van der Waals surface area contributed by atoms with Gasteiger partial charge in [-0.15, -0.1) is 0 Å². The van der Waals surface area contributed by atoms with Gasteiger partial charge in [-0.25, -0.2) is 0 Å². The lowest BCUT2D eigenvalue weighted by atomic mass is 9.91. The molecule has 1 saturated heterocycles. The van der Waals surface area contributed by atoms with Gasteiger partial charge in [0.1, 0.15) is 0 Å². The van der Waals surface area contributed by atoms with E-state index in [1.165, 1.54) is 19.3 Å². The highest BCUT2D eigenvalue weighted by atomic mass is 16.2. The fraction of sp³-hybridized carbons (Fsp3) is 0.909. The average Bonchev–Trinajstić information content (AvgIpc) is 2.31. The lowest BCUT2D eigenvalue weighted by Gasteiger charge is -2.38. The molecule has 0 bridgehead atoms. The van der Waals surface area contributed by atoms with Crippen molar-refractivity contribution in [2.75, 3.05) is 0 Å². The molecule has 80 valence electrons. The minimum Gasteiger partial charge on any atom is -0.323 e. The smallest absolute Gasteiger partial charge is 0.240 e. The van der Waals surface area contributed by atoms with Gasteiger partial charge in [0.25, 0.3) is 0 Å². The van der Waals surface area contributed by atoms with E-state index in [1.54, 1.807) is 0 Å². The minimum atomic E-state index is 0.0344. The van der Waals surface area contributed by atoms with Crippen LogP contribution in [0, 0.1) is 0 Å². The maximum atomic E-state index is 11.9. The second kappa shape index (κ2) is 3.89. The summed E-state index contributed by atoms with van der Waals surface area (Å²) < 4.78 is 0. The largest absolute Gasteiger partial charge is 0.323 e. The molecule has 2 fully saturated rings. The molecule has 2 atom stereocenters. The summed E-state index contributed by atoms with van der Waals surface area (Å²) in [7, 11) is 0. The van der Waals surface area contributed by atoms with Gasteiger partial charge >= 0.3 is 0 Å². The summed E-state index contributed by atoms with van der Waals surface area (Å²) in [5.74, 6) is 0.313. The second-order valence-electron chi connectivity index (χ2n) is 4.52. The van der Waals surface area contributed by atoms with E-state index in [0.717, 1.165) is 12.8 Å². The highest BCUT2D eigenvalue weighted by Gasteiger charge is 2.41. The van der Waals surface area contributed by atoms with Gasteiger partial charge in [-0.2, -0.15) is 0 Å². The van der Waals surface area contributed by atoms with Crippen LogP contribution in [0.5, 0.6) is 0 Å². The zero-order valence-corrected chi connectivity index (χ0v) is 9.12. The van der Waals surface area contributed by atoms with Crippen LogP contribution in [0.3, 0.4) is 0 Å². The Bertz CT molecular complexity index is 225. The molecule has 14 heavy (non-hydrogen) atoms. The van der Waals surface area contributed by atoms with Crippen LogP contribution in [-0.4, -0.2) is 29.1 Å². The third kappa shape index (κ3) is 1.54. The lowest BCUT2D eigenvalue weighted by Crippen LogP contribution is -2.47. The second-order valence-corrected chi connectivity index (χ2v) is 4.52. The molecule has 2 rings (SSSR count). The molecule has 1 saturated carbocycles. The van der Waals surface area contributed by atoms with E-state index in [2.05, 4.69) is 17.1 Å². The van der Waals surface area contributed by atoms with Gasteiger partial charge in [0.05, 0.1) is 12.2 Å². The van der Waals surface area contributed by atoms with Crippen molar-refractivity contribution in [2.45, 2.75) is 64.2 Å². The summed E-state index contributed by atoms with van der Waals surface area (Å²) in [6, 6.07) is 0.573. The number of hydrogen-bond donors (Lipinski definition) is 1. The third-order valence-corrected chi connectivity index (χ3v) is 3.43. The number of rotatable bonds is 3. The van der Waals surface area contributed by atoms with Crippen molar-refractivity contribution in [2.24, 2.45) is 0 Å². The Hall–Kier alpha value is -0.570. The van der Waals surface area contributed by atoms with Crippen LogP contribution < -0.4 is 5.32 Å². The molecule has 0 radical (unpaired) electrons. The van der Waals surface area contributed by atoms with Crippen LogP contribution in [0.4, 0.5) is 0 Å². The van der Waals surface area contributed by atoms with Crippen molar-refractivity contribution in [1.29, 1.82) is 0 Å². The number of nitrogens with one attached hydrogen (secondary N) is 1. The van der Waals surface area contributed by atoms with E-state index in [4.69, 9.17) is 0 Å². The van der Waals surface area contributed by atoms with E-state index in [1.807, 2.05) is 6.92 Å². The summed E-state index contributed by atoms with van der Waals surface area (Å²) in [6.45, 7) is 4.15. The van der Waals surface area contributed by atoms with Crippen molar-refractivity contribution in [3.05, 3.63) is 0 Å². The highest BCUT2D eigenvalue weighted by molar-refractivity contribution is 5.84. The molecule has 0 aromatic carbocycles. The standard InChI is InChI=1S/C11H20N2O/c1-3-5-10-12-8(2)11(14)13(10)9-6-4-7-9/h8-10,12H,3-7H2,1-2H3. The number of amides is 1. The molecule has 1 aliphatic heterocycles. The highest BCUT2D eigenvalue weighted by Crippen LogP contribution is 2.30. The first-order valence-corrected chi connectivity index (χ1v) is 5.82. The molecule has 1 N–H and O–H groups in total. The molecule has 0 aromatic rings. The number of hydrogen-bond acceptors (Lipinski definition) is 2. The average molecular weight is 196 g/mol. The molecule has 2 aliphatic rings. The zero-order valence-electron chi connectivity index (χ0n) is 9.12. The summed E-state index contributed by atoms with van der Waals surface area (Å²) in [4.78, 5) is 14.0. The maximum absolute atomic E-state index is 11.9. The monoisotopic (exact) mass is 196 g/mol. The molecular weight excluding hydrogens is 176 g/mol. The predicted molar refractivity (Wildman–Crippen MR) is 55.8 cm³/mol. The molecule has 0 aromatic heterocycles. The van der Waals surface area contributed by atoms with Gasteiger partial charge in [0, 0.05) is 6.04 Å². The first kappa shape index (κ1) is 9.97.